The van der Waals surface area contributed by atoms with Gasteiger partial charge in [0, 0.05) is 13.2 Å². The van der Waals surface area contributed by atoms with Crippen LogP contribution in [0, 0.1) is 0 Å². The van der Waals surface area contributed by atoms with Crippen LogP contribution >= 0.6 is 0 Å². The Labute approximate surface area is 84.4 Å². The van der Waals surface area contributed by atoms with E-state index < -0.39 is 0 Å². The third kappa shape index (κ3) is 0.999. The Hall–Kier alpha value is -2.17. The molecule has 5 heteroatoms. The molecule has 0 aliphatic carbocycles. The number of fused-ring (bicyclic) bond motifs is 3. The van der Waals surface area contributed by atoms with Crippen LogP contribution < -0.4 is 5.69 Å². The fraction of sp³-hybridized carbons (Fsp3) is 0.100. The highest BCUT2D eigenvalue weighted by molar-refractivity contribution is 5.98. The standard InChI is InChI=1S/C10H8N4O/c1-14-7-5-12-6-3-2-4-11-8(6)9(7)13-10(14)15/h2-5H,1H3,(H,13,15). The van der Waals surface area contributed by atoms with Crippen LogP contribution in [0.5, 0.6) is 0 Å². The Kier molecular flexibility index (Phi) is 1.45. The Balaban J connectivity index is 2.66. The third-order valence-corrected chi connectivity index (χ3v) is 2.50. The van der Waals surface area contributed by atoms with Crippen LogP contribution in [0.1, 0.15) is 0 Å². The Morgan fingerprint density at radius 1 is 1.40 bits per heavy atom. The molecule has 0 amide bonds. The summed E-state index contributed by atoms with van der Waals surface area (Å²) in [5.41, 5.74) is 2.88. The van der Waals surface area contributed by atoms with Gasteiger partial charge in [-0.15, -0.1) is 0 Å². The lowest BCUT2D eigenvalue weighted by molar-refractivity contribution is 0.890. The SMILES string of the molecule is Cn1c(=O)[nH]c2c3ncccc3ncc21. The molecule has 74 valence electrons. The van der Waals surface area contributed by atoms with Gasteiger partial charge in [0.25, 0.3) is 0 Å². The van der Waals surface area contributed by atoms with Crippen molar-refractivity contribution in [2.75, 3.05) is 0 Å². The molecular weight excluding hydrogens is 192 g/mol. The van der Waals surface area contributed by atoms with E-state index in [1.807, 2.05) is 12.1 Å². The largest absolute Gasteiger partial charge is 0.326 e. The van der Waals surface area contributed by atoms with E-state index in [9.17, 15) is 4.79 Å². The van der Waals surface area contributed by atoms with Crippen LogP contribution in [-0.2, 0) is 7.05 Å². The molecule has 0 aliphatic heterocycles. The van der Waals surface area contributed by atoms with Gasteiger partial charge in [-0.1, -0.05) is 0 Å². The molecule has 3 heterocycles. The lowest BCUT2D eigenvalue weighted by Crippen LogP contribution is -2.11. The minimum Gasteiger partial charge on any atom is -0.304 e. The summed E-state index contributed by atoms with van der Waals surface area (Å²) < 4.78 is 1.52. The number of rotatable bonds is 0. The molecule has 0 saturated heterocycles. The van der Waals surface area contributed by atoms with Crippen LogP contribution in [0.2, 0.25) is 0 Å². The maximum absolute atomic E-state index is 11.4. The quantitative estimate of drug-likeness (QED) is 0.584. The number of pyridine rings is 2. The molecule has 3 aromatic rings. The van der Waals surface area contributed by atoms with Crippen LogP contribution in [-0.4, -0.2) is 19.5 Å². The predicted octanol–water partition coefficient (Wildman–Crippen LogP) is 0.810. The molecule has 15 heavy (non-hydrogen) atoms. The summed E-state index contributed by atoms with van der Waals surface area (Å²) in [5, 5.41) is 0. The first kappa shape index (κ1) is 8.16. The minimum atomic E-state index is -0.148. The van der Waals surface area contributed by atoms with Crippen molar-refractivity contribution in [2.24, 2.45) is 7.05 Å². The summed E-state index contributed by atoms with van der Waals surface area (Å²) in [6.07, 6.45) is 3.37. The van der Waals surface area contributed by atoms with Crippen molar-refractivity contribution in [2.45, 2.75) is 0 Å². The van der Waals surface area contributed by atoms with E-state index in [-0.39, 0.29) is 5.69 Å². The van der Waals surface area contributed by atoms with Crippen LogP contribution in [0.15, 0.2) is 29.3 Å². The molecule has 3 aromatic heterocycles. The van der Waals surface area contributed by atoms with Gasteiger partial charge in [-0.25, -0.2) is 4.79 Å². The number of hydrogen-bond donors (Lipinski definition) is 1. The summed E-state index contributed by atoms with van der Waals surface area (Å²) in [6, 6.07) is 3.69. The smallest absolute Gasteiger partial charge is 0.304 e. The molecule has 0 unspecified atom stereocenters. The molecule has 1 N–H and O–H groups in total. The average molecular weight is 200 g/mol. The zero-order chi connectivity index (χ0) is 10.4. The van der Waals surface area contributed by atoms with Crippen LogP contribution in [0.25, 0.3) is 22.1 Å². The van der Waals surface area contributed by atoms with E-state index in [4.69, 9.17) is 0 Å². The molecular formula is C10H8N4O. The summed E-state index contributed by atoms with van der Waals surface area (Å²) in [6.45, 7) is 0. The zero-order valence-electron chi connectivity index (χ0n) is 8.06. The fourth-order valence-electron chi connectivity index (χ4n) is 1.69. The molecule has 3 rings (SSSR count). The molecule has 0 atom stereocenters. The molecule has 5 nitrogen and oxygen atoms in total. The topological polar surface area (TPSA) is 63.6 Å². The first-order valence-electron chi connectivity index (χ1n) is 4.56. The van der Waals surface area contributed by atoms with Crippen molar-refractivity contribution >= 4 is 22.1 Å². The highest BCUT2D eigenvalue weighted by Gasteiger charge is 2.07. The lowest BCUT2D eigenvalue weighted by atomic mass is 10.3. The number of nitrogens with zero attached hydrogens (tertiary/aromatic N) is 3. The number of aromatic amines is 1. The monoisotopic (exact) mass is 200 g/mol. The van der Waals surface area contributed by atoms with E-state index >= 15 is 0 Å². The summed E-state index contributed by atoms with van der Waals surface area (Å²) in [4.78, 5) is 22.7. The van der Waals surface area contributed by atoms with Gasteiger partial charge >= 0.3 is 5.69 Å². The van der Waals surface area contributed by atoms with Crippen LogP contribution in [0.3, 0.4) is 0 Å². The van der Waals surface area contributed by atoms with Gasteiger partial charge in [0.05, 0.1) is 22.7 Å². The second kappa shape index (κ2) is 2.66. The van der Waals surface area contributed by atoms with Crippen molar-refractivity contribution in [3.8, 4) is 0 Å². The maximum Gasteiger partial charge on any atom is 0.326 e. The second-order valence-corrected chi connectivity index (χ2v) is 3.38. The van der Waals surface area contributed by atoms with Gasteiger partial charge in [0.15, 0.2) is 0 Å². The lowest BCUT2D eigenvalue weighted by Gasteiger charge is -1.97. The van der Waals surface area contributed by atoms with Crippen molar-refractivity contribution in [3.05, 3.63) is 35.0 Å². The Morgan fingerprint density at radius 3 is 3.13 bits per heavy atom. The zero-order valence-corrected chi connectivity index (χ0v) is 8.06. The molecule has 0 saturated carbocycles. The number of aromatic nitrogens is 4. The van der Waals surface area contributed by atoms with Gasteiger partial charge in [-0.05, 0) is 12.1 Å². The van der Waals surface area contributed by atoms with Crippen molar-refractivity contribution in [3.63, 3.8) is 0 Å². The molecule has 0 aromatic carbocycles. The van der Waals surface area contributed by atoms with Gasteiger partial charge in [-0.3, -0.25) is 14.5 Å². The number of H-pyrrole nitrogens is 1. The van der Waals surface area contributed by atoms with Gasteiger partial charge in [-0.2, -0.15) is 0 Å². The minimum absolute atomic E-state index is 0.148. The van der Waals surface area contributed by atoms with E-state index in [1.165, 1.54) is 4.57 Å². The van der Waals surface area contributed by atoms with Gasteiger partial charge in [0.1, 0.15) is 5.52 Å². The third-order valence-electron chi connectivity index (χ3n) is 2.50. The van der Waals surface area contributed by atoms with E-state index in [1.54, 1.807) is 19.4 Å². The van der Waals surface area contributed by atoms with Crippen LogP contribution in [0.4, 0.5) is 0 Å². The van der Waals surface area contributed by atoms with Crippen molar-refractivity contribution < 1.29 is 0 Å². The molecule has 0 radical (unpaired) electrons. The van der Waals surface area contributed by atoms with E-state index in [2.05, 4.69) is 15.0 Å². The summed E-state index contributed by atoms with van der Waals surface area (Å²) in [5.74, 6) is 0. The van der Waals surface area contributed by atoms with Gasteiger partial charge < -0.3 is 4.98 Å². The molecule has 0 bridgehead atoms. The summed E-state index contributed by atoms with van der Waals surface area (Å²) in [7, 11) is 1.71. The Morgan fingerprint density at radius 2 is 2.27 bits per heavy atom. The predicted molar refractivity (Wildman–Crippen MR) is 56.6 cm³/mol. The average Bonchev–Trinajstić information content (AvgIpc) is 2.56. The fourth-order valence-corrected chi connectivity index (χ4v) is 1.69. The highest BCUT2D eigenvalue weighted by Crippen LogP contribution is 2.17. The highest BCUT2D eigenvalue weighted by atomic mass is 16.1. The van der Waals surface area contributed by atoms with Crippen molar-refractivity contribution in [1.29, 1.82) is 0 Å². The summed E-state index contributed by atoms with van der Waals surface area (Å²) >= 11 is 0. The first-order valence-corrected chi connectivity index (χ1v) is 4.56. The molecule has 0 fully saturated rings. The molecule has 0 spiro atoms. The second-order valence-electron chi connectivity index (χ2n) is 3.38. The van der Waals surface area contributed by atoms with Crippen molar-refractivity contribution in [1.82, 2.24) is 19.5 Å². The maximum atomic E-state index is 11.4. The Bertz CT molecular complexity index is 710. The normalized spacial score (nSPS) is 11.3. The molecule has 0 aliphatic rings. The van der Waals surface area contributed by atoms with E-state index in [0.717, 1.165) is 22.1 Å². The van der Waals surface area contributed by atoms with E-state index in [0.29, 0.717) is 0 Å². The number of hydrogen-bond acceptors (Lipinski definition) is 3. The van der Waals surface area contributed by atoms with Gasteiger partial charge in [0.2, 0.25) is 0 Å². The number of aryl methyl sites for hydroxylation is 1. The number of imidazole rings is 1. The first-order chi connectivity index (χ1) is 7.27. The number of nitrogens with one attached hydrogen (secondary N) is 1.